The maximum Gasteiger partial charge on any atom is 0.354 e. The maximum absolute atomic E-state index is 11.4. The first-order valence-electron chi connectivity index (χ1n) is 6.44. The second kappa shape index (κ2) is 5.62. The van der Waals surface area contributed by atoms with Crippen LogP contribution in [0.1, 0.15) is 18.4 Å². The Labute approximate surface area is 124 Å². The van der Waals surface area contributed by atoms with Crippen molar-refractivity contribution in [3.63, 3.8) is 0 Å². The zero-order valence-corrected chi connectivity index (χ0v) is 11.9. The molecule has 0 atom stereocenters. The standard InChI is InChI=1S/C12H14N6O2S/c13-16-11-10(18(19)20)12(15-7-14-11)17(9-1-2-9)5-8-3-4-21-6-8/h3-4,6-7,9H,1-2,5,13H2,(H,14,15,16). The zero-order valence-electron chi connectivity index (χ0n) is 11.1. The van der Waals surface area contributed by atoms with E-state index in [1.807, 2.05) is 21.7 Å². The number of thiophene rings is 1. The van der Waals surface area contributed by atoms with Gasteiger partial charge in [0, 0.05) is 12.6 Å². The molecule has 0 aromatic carbocycles. The van der Waals surface area contributed by atoms with Crippen molar-refractivity contribution in [1.29, 1.82) is 0 Å². The summed E-state index contributed by atoms with van der Waals surface area (Å²) in [4.78, 5) is 20.8. The summed E-state index contributed by atoms with van der Waals surface area (Å²) in [5.74, 6) is 5.67. The van der Waals surface area contributed by atoms with Crippen LogP contribution >= 0.6 is 11.3 Å². The van der Waals surface area contributed by atoms with Gasteiger partial charge in [-0.05, 0) is 35.2 Å². The van der Waals surface area contributed by atoms with Crippen LogP contribution in [0.4, 0.5) is 17.3 Å². The highest BCUT2D eigenvalue weighted by Crippen LogP contribution is 2.39. The Hall–Kier alpha value is -2.26. The number of hydrazine groups is 1. The van der Waals surface area contributed by atoms with Gasteiger partial charge in [0.25, 0.3) is 0 Å². The van der Waals surface area contributed by atoms with Gasteiger partial charge in [-0.15, -0.1) is 0 Å². The third-order valence-electron chi connectivity index (χ3n) is 3.31. The molecule has 2 aromatic rings. The largest absolute Gasteiger partial charge is 0.354 e. The van der Waals surface area contributed by atoms with E-state index in [1.165, 1.54) is 6.33 Å². The summed E-state index contributed by atoms with van der Waals surface area (Å²) < 4.78 is 0. The Balaban J connectivity index is 2.01. The summed E-state index contributed by atoms with van der Waals surface area (Å²) in [6, 6.07) is 2.29. The second-order valence-electron chi connectivity index (χ2n) is 4.79. The monoisotopic (exact) mass is 306 g/mol. The van der Waals surface area contributed by atoms with Crippen molar-refractivity contribution in [1.82, 2.24) is 9.97 Å². The summed E-state index contributed by atoms with van der Waals surface area (Å²) >= 11 is 1.60. The minimum absolute atomic E-state index is 0.0287. The predicted molar refractivity (Wildman–Crippen MR) is 80.0 cm³/mol. The van der Waals surface area contributed by atoms with Crippen molar-refractivity contribution in [2.45, 2.75) is 25.4 Å². The molecule has 0 amide bonds. The summed E-state index contributed by atoms with van der Waals surface area (Å²) in [5.41, 5.74) is 3.21. The Morgan fingerprint density at radius 2 is 2.33 bits per heavy atom. The molecule has 1 saturated carbocycles. The molecule has 0 unspecified atom stereocenters. The first kappa shape index (κ1) is 13.7. The van der Waals surface area contributed by atoms with E-state index in [-0.39, 0.29) is 17.5 Å². The minimum atomic E-state index is -0.493. The fraction of sp³-hybridized carbons (Fsp3) is 0.333. The number of rotatable bonds is 6. The summed E-state index contributed by atoms with van der Waals surface area (Å²) in [6.45, 7) is 0.593. The van der Waals surface area contributed by atoms with Crippen molar-refractivity contribution >= 4 is 28.7 Å². The predicted octanol–water partition coefficient (Wildman–Crippen LogP) is 1.90. The molecular weight excluding hydrogens is 292 g/mol. The number of hydrogen-bond donors (Lipinski definition) is 2. The van der Waals surface area contributed by atoms with Crippen molar-refractivity contribution in [2.24, 2.45) is 5.84 Å². The van der Waals surface area contributed by atoms with Gasteiger partial charge in [-0.2, -0.15) is 11.3 Å². The Bertz CT molecular complexity index is 643. The molecule has 0 saturated heterocycles. The highest BCUT2D eigenvalue weighted by Gasteiger charge is 2.36. The van der Waals surface area contributed by atoms with E-state index >= 15 is 0 Å². The Morgan fingerprint density at radius 3 is 2.90 bits per heavy atom. The summed E-state index contributed by atoms with van der Waals surface area (Å²) in [7, 11) is 0. The lowest BCUT2D eigenvalue weighted by molar-refractivity contribution is -0.383. The average Bonchev–Trinajstić information content (AvgIpc) is 3.20. The molecule has 1 fully saturated rings. The van der Waals surface area contributed by atoms with Crippen molar-refractivity contribution in [2.75, 3.05) is 10.3 Å². The topological polar surface area (TPSA) is 110 Å². The van der Waals surface area contributed by atoms with Gasteiger partial charge in [0.2, 0.25) is 11.6 Å². The van der Waals surface area contributed by atoms with Crippen LogP contribution in [0.3, 0.4) is 0 Å². The molecule has 3 rings (SSSR count). The molecule has 0 aliphatic heterocycles. The van der Waals surface area contributed by atoms with Crippen LogP contribution in [0.15, 0.2) is 23.2 Å². The number of aromatic nitrogens is 2. The highest BCUT2D eigenvalue weighted by atomic mass is 32.1. The number of nitrogens with one attached hydrogen (secondary N) is 1. The summed E-state index contributed by atoms with van der Waals surface area (Å²) in [5, 5.41) is 15.4. The zero-order chi connectivity index (χ0) is 14.8. The molecule has 2 heterocycles. The fourth-order valence-corrected chi connectivity index (χ4v) is 2.86. The number of nitrogens with zero attached hydrogens (tertiary/aromatic N) is 4. The maximum atomic E-state index is 11.4. The molecule has 8 nitrogen and oxygen atoms in total. The van der Waals surface area contributed by atoms with Gasteiger partial charge in [-0.25, -0.2) is 15.8 Å². The van der Waals surface area contributed by atoms with Crippen molar-refractivity contribution in [3.05, 3.63) is 38.8 Å². The van der Waals surface area contributed by atoms with Crippen LogP contribution in [0.2, 0.25) is 0 Å². The number of nitro groups is 1. The quantitative estimate of drug-likeness (QED) is 0.476. The first-order valence-corrected chi connectivity index (χ1v) is 7.38. The molecular formula is C12H14N6O2S. The van der Waals surface area contributed by atoms with E-state index < -0.39 is 4.92 Å². The molecule has 1 aliphatic carbocycles. The lowest BCUT2D eigenvalue weighted by atomic mass is 10.3. The van der Waals surface area contributed by atoms with Crippen molar-refractivity contribution in [3.8, 4) is 0 Å². The van der Waals surface area contributed by atoms with Crippen molar-refractivity contribution < 1.29 is 4.92 Å². The molecule has 3 N–H and O–H groups in total. The van der Waals surface area contributed by atoms with Crippen LogP contribution in [-0.4, -0.2) is 20.9 Å². The molecule has 2 aromatic heterocycles. The average molecular weight is 306 g/mol. The first-order chi connectivity index (χ1) is 10.2. The third-order valence-corrected chi connectivity index (χ3v) is 4.05. The highest BCUT2D eigenvalue weighted by molar-refractivity contribution is 7.07. The normalized spacial score (nSPS) is 14.0. The second-order valence-corrected chi connectivity index (χ2v) is 5.57. The van der Waals surface area contributed by atoms with E-state index in [2.05, 4.69) is 15.4 Å². The van der Waals surface area contributed by atoms with Crippen LogP contribution in [0.5, 0.6) is 0 Å². The van der Waals surface area contributed by atoms with Gasteiger partial charge in [0.15, 0.2) is 0 Å². The SMILES string of the molecule is NNc1ncnc(N(Cc2ccsc2)C2CC2)c1[N+](=O)[O-]. The molecule has 21 heavy (non-hydrogen) atoms. The molecule has 1 aliphatic rings. The molecule has 0 radical (unpaired) electrons. The van der Waals surface area contributed by atoms with Crippen LogP contribution in [0, 0.1) is 10.1 Å². The molecule has 0 spiro atoms. The molecule has 9 heteroatoms. The minimum Gasteiger partial charge on any atom is -0.343 e. The van der Waals surface area contributed by atoms with Crippen LogP contribution in [-0.2, 0) is 6.54 Å². The van der Waals surface area contributed by atoms with E-state index in [0.29, 0.717) is 12.4 Å². The van der Waals surface area contributed by atoms with Gasteiger partial charge in [-0.1, -0.05) is 0 Å². The van der Waals surface area contributed by atoms with Gasteiger partial charge in [0.05, 0.1) is 4.92 Å². The van der Waals surface area contributed by atoms with E-state index in [9.17, 15) is 10.1 Å². The third kappa shape index (κ3) is 2.78. The van der Waals surface area contributed by atoms with Gasteiger partial charge >= 0.3 is 5.69 Å². The van der Waals surface area contributed by atoms with Crippen LogP contribution in [0.25, 0.3) is 0 Å². The molecule has 0 bridgehead atoms. The number of nitrogens with two attached hydrogens (primary N) is 1. The Kier molecular flexibility index (Phi) is 3.67. The lowest BCUT2D eigenvalue weighted by Crippen LogP contribution is -2.27. The summed E-state index contributed by atoms with van der Waals surface area (Å²) in [6.07, 6.45) is 3.31. The number of hydrogen-bond acceptors (Lipinski definition) is 8. The Morgan fingerprint density at radius 1 is 1.52 bits per heavy atom. The van der Waals surface area contributed by atoms with Gasteiger partial charge < -0.3 is 10.3 Å². The van der Waals surface area contributed by atoms with E-state index in [1.54, 1.807) is 11.3 Å². The van der Waals surface area contributed by atoms with Gasteiger partial charge in [0.1, 0.15) is 6.33 Å². The van der Waals surface area contributed by atoms with Crippen LogP contribution < -0.4 is 16.2 Å². The lowest BCUT2D eigenvalue weighted by Gasteiger charge is -2.23. The van der Waals surface area contributed by atoms with Gasteiger partial charge in [-0.3, -0.25) is 10.1 Å². The smallest absolute Gasteiger partial charge is 0.343 e. The number of nitrogen functional groups attached to an aromatic ring is 1. The van der Waals surface area contributed by atoms with E-state index in [4.69, 9.17) is 5.84 Å². The molecule has 110 valence electrons. The fourth-order valence-electron chi connectivity index (χ4n) is 2.20. The number of anilines is 2. The van der Waals surface area contributed by atoms with E-state index in [0.717, 1.165) is 18.4 Å².